The molecule has 2 fully saturated rings. The molecule has 4 atom stereocenters. The summed E-state index contributed by atoms with van der Waals surface area (Å²) in [5.74, 6) is 0. The van der Waals surface area contributed by atoms with Gasteiger partial charge in [0.05, 0.1) is 19.8 Å². The molecule has 0 spiro atoms. The first-order valence-electron chi connectivity index (χ1n) is 5.27. The number of hydrogen-bond acceptors (Lipinski definition) is 6. The summed E-state index contributed by atoms with van der Waals surface area (Å²) >= 11 is 4.89. The molecule has 6 nitrogen and oxygen atoms in total. The summed E-state index contributed by atoms with van der Waals surface area (Å²) in [7, 11) is 0. The van der Waals surface area contributed by atoms with Gasteiger partial charge in [-0.3, -0.25) is 0 Å². The summed E-state index contributed by atoms with van der Waals surface area (Å²) in [5.41, 5.74) is -1.02. The molecule has 0 aliphatic carbocycles. The summed E-state index contributed by atoms with van der Waals surface area (Å²) in [6, 6.07) is 0. The molecule has 3 N–H and O–H groups in total. The molecule has 0 aromatic rings. The van der Waals surface area contributed by atoms with Gasteiger partial charge in [-0.05, 0) is 12.2 Å². The fourth-order valence-corrected chi connectivity index (χ4v) is 2.33. The van der Waals surface area contributed by atoms with Crippen LogP contribution in [-0.2, 0) is 14.2 Å². The topological polar surface area (TPSA) is 80.2 Å². The van der Waals surface area contributed by atoms with E-state index in [0.717, 1.165) is 0 Å². The third-order valence-corrected chi connectivity index (χ3v) is 2.99. The molecule has 2 heterocycles. The SMILES string of the molecule is C=CCOC[C@]12NC(=S)O[C@H]1[C@H](O)[C@@H](CO)O2. The molecule has 0 bridgehead atoms. The van der Waals surface area contributed by atoms with Gasteiger partial charge in [0.2, 0.25) is 5.72 Å². The van der Waals surface area contributed by atoms with E-state index in [1.54, 1.807) is 6.08 Å². The van der Waals surface area contributed by atoms with E-state index in [2.05, 4.69) is 11.9 Å². The zero-order valence-corrected chi connectivity index (χ0v) is 9.98. The Labute approximate surface area is 104 Å². The predicted molar refractivity (Wildman–Crippen MR) is 62.3 cm³/mol. The Bertz CT molecular complexity index is 326. The van der Waals surface area contributed by atoms with Crippen molar-refractivity contribution in [1.29, 1.82) is 0 Å². The van der Waals surface area contributed by atoms with Crippen LogP contribution in [0.1, 0.15) is 0 Å². The molecule has 17 heavy (non-hydrogen) atoms. The van der Waals surface area contributed by atoms with E-state index in [1.165, 1.54) is 0 Å². The summed E-state index contributed by atoms with van der Waals surface area (Å²) in [5, 5.41) is 22.0. The molecule has 0 aromatic carbocycles. The Hall–Kier alpha value is -0.730. The van der Waals surface area contributed by atoms with Crippen molar-refractivity contribution >= 4 is 17.4 Å². The van der Waals surface area contributed by atoms with Crippen LogP contribution in [0, 0.1) is 0 Å². The highest BCUT2D eigenvalue weighted by Crippen LogP contribution is 2.35. The molecular weight excluding hydrogens is 246 g/mol. The number of aliphatic hydroxyl groups excluding tert-OH is 2. The fraction of sp³-hybridized carbons (Fsp3) is 0.700. The summed E-state index contributed by atoms with van der Waals surface area (Å²) in [4.78, 5) is 0. The van der Waals surface area contributed by atoms with E-state index in [9.17, 15) is 5.11 Å². The van der Waals surface area contributed by atoms with Gasteiger partial charge in [0, 0.05) is 0 Å². The molecule has 7 heteroatoms. The predicted octanol–water partition coefficient (Wildman–Crippen LogP) is -1.09. The zero-order valence-electron chi connectivity index (χ0n) is 9.17. The van der Waals surface area contributed by atoms with Crippen LogP contribution in [0.3, 0.4) is 0 Å². The van der Waals surface area contributed by atoms with Crippen LogP contribution in [0.4, 0.5) is 0 Å². The van der Waals surface area contributed by atoms with Crippen LogP contribution in [0.25, 0.3) is 0 Å². The van der Waals surface area contributed by atoms with Crippen molar-refractivity contribution in [3.8, 4) is 0 Å². The molecule has 2 aliphatic heterocycles. The quantitative estimate of drug-likeness (QED) is 0.330. The lowest BCUT2D eigenvalue weighted by atomic mass is 10.0. The number of rotatable bonds is 5. The van der Waals surface area contributed by atoms with E-state index in [-0.39, 0.29) is 18.4 Å². The first kappa shape index (κ1) is 12.7. The molecule has 96 valence electrons. The summed E-state index contributed by atoms with van der Waals surface area (Å²) in [6.45, 7) is 3.75. The van der Waals surface area contributed by atoms with E-state index in [4.69, 9.17) is 31.5 Å². The number of aliphatic hydroxyl groups is 2. The molecule has 0 saturated carbocycles. The molecule has 2 rings (SSSR count). The summed E-state index contributed by atoms with van der Waals surface area (Å²) < 4.78 is 16.2. The van der Waals surface area contributed by atoms with Crippen LogP contribution in [-0.4, -0.2) is 59.2 Å². The van der Waals surface area contributed by atoms with Crippen molar-refractivity contribution < 1.29 is 24.4 Å². The lowest BCUT2D eigenvalue weighted by Gasteiger charge is -2.25. The van der Waals surface area contributed by atoms with E-state index in [0.29, 0.717) is 6.61 Å². The number of fused-ring (bicyclic) bond motifs is 1. The smallest absolute Gasteiger partial charge is 0.259 e. The average Bonchev–Trinajstić information content (AvgIpc) is 2.74. The van der Waals surface area contributed by atoms with Crippen molar-refractivity contribution in [2.75, 3.05) is 19.8 Å². The van der Waals surface area contributed by atoms with Gasteiger partial charge in [-0.25, -0.2) is 0 Å². The minimum atomic E-state index is -1.02. The molecule has 0 aromatic heterocycles. The van der Waals surface area contributed by atoms with Crippen LogP contribution in [0.15, 0.2) is 12.7 Å². The van der Waals surface area contributed by atoms with Gasteiger partial charge < -0.3 is 29.7 Å². The van der Waals surface area contributed by atoms with Crippen molar-refractivity contribution in [2.45, 2.75) is 24.0 Å². The van der Waals surface area contributed by atoms with Crippen LogP contribution in [0.5, 0.6) is 0 Å². The molecule has 0 amide bonds. The highest BCUT2D eigenvalue weighted by Gasteiger charge is 2.61. The fourth-order valence-electron chi connectivity index (χ4n) is 2.05. The molecule has 0 unspecified atom stereocenters. The minimum Gasteiger partial charge on any atom is -0.460 e. The highest BCUT2D eigenvalue weighted by molar-refractivity contribution is 7.80. The van der Waals surface area contributed by atoms with Gasteiger partial charge in [-0.1, -0.05) is 6.08 Å². The minimum absolute atomic E-state index is 0.150. The third-order valence-electron chi connectivity index (χ3n) is 2.79. The van der Waals surface area contributed by atoms with Crippen molar-refractivity contribution in [2.24, 2.45) is 0 Å². The third kappa shape index (κ3) is 2.16. The molecule has 2 saturated heterocycles. The second-order valence-corrected chi connectivity index (χ2v) is 4.34. The second-order valence-electron chi connectivity index (χ2n) is 3.97. The lowest BCUT2D eigenvalue weighted by molar-refractivity contribution is -0.118. The van der Waals surface area contributed by atoms with Gasteiger partial charge in [0.1, 0.15) is 12.2 Å². The Morgan fingerprint density at radius 3 is 3.06 bits per heavy atom. The largest absolute Gasteiger partial charge is 0.460 e. The van der Waals surface area contributed by atoms with Gasteiger partial charge in [-0.15, -0.1) is 6.58 Å². The highest BCUT2D eigenvalue weighted by atomic mass is 32.1. The molecule has 2 aliphatic rings. The Kier molecular flexibility index (Phi) is 3.64. The zero-order chi connectivity index (χ0) is 12.5. The van der Waals surface area contributed by atoms with Gasteiger partial charge in [0.25, 0.3) is 5.17 Å². The number of ether oxygens (including phenoxy) is 3. The Morgan fingerprint density at radius 1 is 1.65 bits per heavy atom. The maximum absolute atomic E-state index is 9.91. The standard InChI is InChI=1S/C10H15NO5S/c1-2-3-14-5-10-8(15-9(17)11-10)7(13)6(4-12)16-10/h2,6-8,12-13H,1,3-5H2,(H,11,17)/t6-,7-,8+,10-/m1/s1. The van der Waals surface area contributed by atoms with E-state index < -0.39 is 24.0 Å². The van der Waals surface area contributed by atoms with Crippen molar-refractivity contribution in [3.05, 3.63) is 12.7 Å². The van der Waals surface area contributed by atoms with Crippen molar-refractivity contribution in [3.63, 3.8) is 0 Å². The van der Waals surface area contributed by atoms with E-state index >= 15 is 0 Å². The van der Waals surface area contributed by atoms with E-state index in [1.807, 2.05) is 0 Å². The van der Waals surface area contributed by atoms with Crippen LogP contribution in [0.2, 0.25) is 0 Å². The number of nitrogens with one attached hydrogen (secondary N) is 1. The monoisotopic (exact) mass is 261 g/mol. The Morgan fingerprint density at radius 2 is 2.41 bits per heavy atom. The van der Waals surface area contributed by atoms with Crippen molar-refractivity contribution in [1.82, 2.24) is 5.32 Å². The first-order valence-corrected chi connectivity index (χ1v) is 5.68. The number of thiocarbonyl (C=S) groups is 1. The first-order chi connectivity index (χ1) is 8.13. The lowest BCUT2D eigenvalue weighted by Crippen LogP contribution is -2.52. The summed E-state index contributed by atoms with van der Waals surface area (Å²) in [6.07, 6.45) is -0.713. The maximum atomic E-state index is 9.91. The Balaban J connectivity index is 2.10. The second kappa shape index (κ2) is 4.87. The van der Waals surface area contributed by atoms with Gasteiger partial charge in [-0.2, -0.15) is 0 Å². The molecule has 0 radical (unpaired) electrons. The number of hydrogen-bond donors (Lipinski definition) is 3. The van der Waals surface area contributed by atoms with Gasteiger partial charge >= 0.3 is 0 Å². The normalized spacial score (nSPS) is 39.6. The average molecular weight is 261 g/mol. The van der Waals surface area contributed by atoms with Crippen LogP contribution >= 0.6 is 12.2 Å². The molecular formula is C10H15NO5S. The van der Waals surface area contributed by atoms with Gasteiger partial charge in [0.15, 0.2) is 6.10 Å². The van der Waals surface area contributed by atoms with Crippen LogP contribution < -0.4 is 5.32 Å². The maximum Gasteiger partial charge on any atom is 0.259 e.